The Balaban J connectivity index is 1.74. The van der Waals surface area contributed by atoms with Crippen molar-refractivity contribution < 1.29 is 28.2 Å². The number of carbonyl (C=O) groups is 1. The molecule has 1 aliphatic heterocycles. The van der Waals surface area contributed by atoms with Crippen LogP contribution in [-0.2, 0) is 9.53 Å². The minimum absolute atomic E-state index is 0.0520. The number of benzene rings is 1. The maximum Gasteiger partial charge on any atom is 0.248 e. The van der Waals surface area contributed by atoms with Gasteiger partial charge in [0, 0.05) is 38.9 Å². The molecule has 1 saturated heterocycles. The molecule has 1 heterocycles. The van der Waals surface area contributed by atoms with Crippen molar-refractivity contribution >= 4 is 5.91 Å². The van der Waals surface area contributed by atoms with Gasteiger partial charge in [0.05, 0.1) is 6.54 Å². The van der Waals surface area contributed by atoms with Crippen LogP contribution in [0.1, 0.15) is 32.1 Å². The molecule has 3 rings (SSSR count). The summed E-state index contributed by atoms with van der Waals surface area (Å²) in [4.78, 5) is 16.3. The number of nitrogens with zero attached hydrogens (tertiary/aromatic N) is 2. The number of halogens is 2. The van der Waals surface area contributed by atoms with Gasteiger partial charge >= 0.3 is 0 Å². The highest BCUT2D eigenvalue weighted by Gasteiger charge is 2.39. The summed E-state index contributed by atoms with van der Waals surface area (Å²) in [5.74, 6) is -2.01. The van der Waals surface area contributed by atoms with E-state index in [0.717, 1.165) is 37.8 Å². The molecule has 1 aromatic rings. The van der Waals surface area contributed by atoms with Crippen molar-refractivity contribution in [1.82, 2.24) is 9.80 Å². The predicted octanol–water partition coefficient (Wildman–Crippen LogP) is 2.20. The van der Waals surface area contributed by atoms with Gasteiger partial charge in [-0.25, -0.2) is 8.78 Å². The highest BCUT2D eigenvalue weighted by molar-refractivity contribution is 5.77. The minimum atomic E-state index is -1.33. The van der Waals surface area contributed by atoms with Crippen LogP contribution in [0.25, 0.3) is 0 Å². The summed E-state index contributed by atoms with van der Waals surface area (Å²) < 4.78 is 37.2. The zero-order valence-electron chi connectivity index (χ0n) is 16.9. The molecule has 0 unspecified atom stereocenters. The molecule has 0 spiro atoms. The molecule has 6 nitrogen and oxygen atoms in total. The molecule has 1 N–H and O–H groups in total. The lowest BCUT2D eigenvalue weighted by Crippen LogP contribution is -2.54. The lowest BCUT2D eigenvalue weighted by molar-refractivity contribution is -0.138. The maximum absolute atomic E-state index is 13.5. The zero-order valence-corrected chi connectivity index (χ0v) is 16.9. The van der Waals surface area contributed by atoms with Crippen molar-refractivity contribution in [1.29, 1.82) is 0 Å². The largest absolute Gasteiger partial charge is 0.490 e. The highest BCUT2D eigenvalue weighted by Crippen LogP contribution is 2.27. The summed E-state index contributed by atoms with van der Waals surface area (Å²) in [5.41, 5.74) is -1.33. The Morgan fingerprint density at radius 2 is 1.93 bits per heavy atom. The third-order valence-electron chi connectivity index (χ3n) is 5.75. The second kappa shape index (κ2) is 9.82. The van der Waals surface area contributed by atoms with Crippen molar-refractivity contribution in [3.8, 4) is 5.75 Å². The SMILES string of the molecule is COCC(=O)N1CCN(C2CCCCC2)C[C@@](O)(COc2ccc(F)c(F)c2)C1. The molecule has 2 fully saturated rings. The molecule has 0 bridgehead atoms. The average molecular weight is 412 g/mol. The van der Waals surface area contributed by atoms with Gasteiger partial charge < -0.3 is 19.5 Å². The average Bonchev–Trinajstić information content (AvgIpc) is 2.89. The molecule has 8 heteroatoms. The summed E-state index contributed by atoms with van der Waals surface area (Å²) >= 11 is 0. The molecule has 1 aromatic carbocycles. The Kier molecular flexibility index (Phi) is 7.43. The van der Waals surface area contributed by atoms with Crippen LogP contribution < -0.4 is 4.74 Å². The number of hydrogen-bond acceptors (Lipinski definition) is 5. The van der Waals surface area contributed by atoms with E-state index in [4.69, 9.17) is 9.47 Å². The second-order valence-electron chi connectivity index (χ2n) is 8.10. The Hall–Kier alpha value is -1.77. The van der Waals surface area contributed by atoms with E-state index < -0.39 is 17.2 Å². The molecule has 162 valence electrons. The fourth-order valence-electron chi connectivity index (χ4n) is 4.25. The molecule has 1 atom stereocenters. The molecular formula is C21H30F2N2O4. The number of ether oxygens (including phenoxy) is 2. The van der Waals surface area contributed by atoms with E-state index in [1.807, 2.05) is 0 Å². The quantitative estimate of drug-likeness (QED) is 0.776. The van der Waals surface area contributed by atoms with Crippen LogP contribution >= 0.6 is 0 Å². The standard InChI is InChI=1S/C21H30F2N2O4/c1-28-12-20(26)25-10-9-24(16-5-3-2-4-6-16)13-21(27,14-25)15-29-17-7-8-18(22)19(23)11-17/h7-8,11,16,27H,2-6,9-10,12-15H2,1H3/t21-/m0/s1. The van der Waals surface area contributed by atoms with Crippen LogP contribution in [-0.4, -0.2) is 79.0 Å². The normalized spacial score (nSPS) is 24.3. The summed E-state index contributed by atoms with van der Waals surface area (Å²) in [6.07, 6.45) is 5.71. The van der Waals surface area contributed by atoms with Gasteiger partial charge in [-0.1, -0.05) is 19.3 Å². The minimum Gasteiger partial charge on any atom is -0.490 e. The van der Waals surface area contributed by atoms with Gasteiger partial charge in [-0.15, -0.1) is 0 Å². The molecule has 1 aliphatic carbocycles. The van der Waals surface area contributed by atoms with Gasteiger partial charge in [0.1, 0.15) is 24.6 Å². The number of hydrogen-bond donors (Lipinski definition) is 1. The Morgan fingerprint density at radius 1 is 1.17 bits per heavy atom. The number of rotatable bonds is 6. The predicted molar refractivity (Wildman–Crippen MR) is 104 cm³/mol. The fourth-order valence-corrected chi connectivity index (χ4v) is 4.25. The third-order valence-corrected chi connectivity index (χ3v) is 5.75. The number of amides is 1. The van der Waals surface area contributed by atoms with E-state index in [0.29, 0.717) is 25.7 Å². The van der Waals surface area contributed by atoms with Crippen molar-refractivity contribution in [2.24, 2.45) is 0 Å². The van der Waals surface area contributed by atoms with Crippen LogP contribution in [0.15, 0.2) is 18.2 Å². The fraction of sp³-hybridized carbons (Fsp3) is 0.667. The summed E-state index contributed by atoms with van der Waals surface area (Å²) in [5, 5.41) is 11.4. The number of carbonyl (C=O) groups excluding carboxylic acids is 1. The Bertz CT molecular complexity index is 699. The molecule has 0 aromatic heterocycles. The molecule has 2 aliphatic rings. The number of methoxy groups -OCH3 is 1. The van der Waals surface area contributed by atoms with Crippen molar-refractivity contribution in [2.45, 2.75) is 43.7 Å². The first-order valence-corrected chi connectivity index (χ1v) is 10.2. The van der Waals surface area contributed by atoms with Gasteiger partial charge in [0.25, 0.3) is 0 Å². The van der Waals surface area contributed by atoms with Crippen LogP contribution in [0.4, 0.5) is 8.78 Å². The summed E-state index contributed by atoms with van der Waals surface area (Å²) in [6.45, 7) is 1.46. The first kappa shape index (κ1) is 21.9. The van der Waals surface area contributed by atoms with E-state index in [1.165, 1.54) is 19.6 Å². The number of β-amino-alcohol motifs (C(OH)–C–C–N with tert-alkyl or cyclic N) is 1. The monoisotopic (exact) mass is 412 g/mol. The Labute approximate surface area is 170 Å². The second-order valence-corrected chi connectivity index (χ2v) is 8.10. The Morgan fingerprint density at radius 3 is 2.62 bits per heavy atom. The van der Waals surface area contributed by atoms with Gasteiger partial charge in [-0.05, 0) is 25.0 Å². The molecule has 29 heavy (non-hydrogen) atoms. The van der Waals surface area contributed by atoms with Crippen LogP contribution in [0.2, 0.25) is 0 Å². The highest BCUT2D eigenvalue weighted by atomic mass is 19.2. The van der Waals surface area contributed by atoms with Gasteiger partial charge in [-0.3, -0.25) is 9.69 Å². The zero-order chi connectivity index (χ0) is 20.9. The van der Waals surface area contributed by atoms with Crippen LogP contribution in [0.3, 0.4) is 0 Å². The number of aliphatic hydroxyl groups is 1. The van der Waals surface area contributed by atoms with Crippen molar-refractivity contribution in [3.63, 3.8) is 0 Å². The van der Waals surface area contributed by atoms with Crippen molar-refractivity contribution in [2.75, 3.05) is 46.5 Å². The molecule has 1 amide bonds. The smallest absolute Gasteiger partial charge is 0.248 e. The first-order chi connectivity index (χ1) is 13.9. The lowest BCUT2D eigenvalue weighted by atomic mass is 9.93. The van der Waals surface area contributed by atoms with Gasteiger partial charge in [0.15, 0.2) is 11.6 Å². The van der Waals surface area contributed by atoms with Gasteiger partial charge in [0.2, 0.25) is 5.91 Å². The van der Waals surface area contributed by atoms with E-state index >= 15 is 0 Å². The summed E-state index contributed by atoms with van der Waals surface area (Å²) in [6, 6.07) is 3.65. The lowest BCUT2D eigenvalue weighted by Gasteiger charge is -2.37. The van der Waals surface area contributed by atoms with E-state index in [9.17, 15) is 18.7 Å². The molecule has 0 radical (unpaired) electrons. The van der Waals surface area contributed by atoms with E-state index in [1.54, 1.807) is 4.90 Å². The topological polar surface area (TPSA) is 62.2 Å². The first-order valence-electron chi connectivity index (χ1n) is 10.2. The maximum atomic E-state index is 13.5. The van der Waals surface area contributed by atoms with Gasteiger partial charge in [-0.2, -0.15) is 0 Å². The molecular weight excluding hydrogens is 382 g/mol. The molecule has 1 saturated carbocycles. The van der Waals surface area contributed by atoms with Crippen molar-refractivity contribution in [3.05, 3.63) is 29.8 Å². The van der Waals surface area contributed by atoms with E-state index in [2.05, 4.69) is 4.90 Å². The third kappa shape index (κ3) is 5.87. The summed E-state index contributed by atoms with van der Waals surface area (Å²) in [7, 11) is 1.46. The van der Waals surface area contributed by atoms with E-state index in [-0.39, 0.29) is 31.4 Å². The van der Waals surface area contributed by atoms with Crippen LogP contribution in [0.5, 0.6) is 5.75 Å². The van der Waals surface area contributed by atoms with Crippen LogP contribution in [0, 0.1) is 11.6 Å².